The molecule has 1 aromatic heterocycles. The number of thiazole rings is 1. The summed E-state index contributed by atoms with van der Waals surface area (Å²) < 4.78 is 11.5. The Morgan fingerprint density at radius 2 is 2.26 bits per heavy atom. The fraction of sp³-hybridized carbons (Fsp3) is 0.500. The summed E-state index contributed by atoms with van der Waals surface area (Å²) in [7, 11) is 0. The topological polar surface area (TPSA) is 43.4 Å². The zero-order chi connectivity index (χ0) is 16.1. The second-order valence-electron chi connectivity index (χ2n) is 6.14. The first-order chi connectivity index (χ1) is 11.2. The van der Waals surface area contributed by atoms with Gasteiger partial charge in [0, 0.05) is 42.3 Å². The molecule has 0 aliphatic carbocycles. The van der Waals surface area contributed by atoms with Crippen LogP contribution in [0.15, 0.2) is 23.6 Å². The Morgan fingerprint density at radius 1 is 1.35 bits per heavy atom. The minimum Gasteiger partial charge on any atom is -0.493 e. The van der Waals surface area contributed by atoms with Gasteiger partial charge in [0.25, 0.3) is 0 Å². The maximum absolute atomic E-state index is 6.08. The Labute approximate surface area is 141 Å². The second kappa shape index (κ2) is 7.90. The molecular formula is C18H24N2O2S. The minimum absolute atomic E-state index is 0.523. The van der Waals surface area contributed by atoms with Gasteiger partial charge in [0.2, 0.25) is 0 Å². The van der Waals surface area contributed by atoms with Crippen LogP contribution in [0.5, 0.6) is 5.75 Å². The number of aromatic nitrogens is 1. The smallest absolute Gasteiger partial charge is 0.124 e. The number of benzene rings is 1. The van der Waals surface area contributed by atoms with Gasteiger partial charge in [0.1, 0.15) is 10.8 Å². The zero-order valence-electron chi connectivity index (χ0n) is 13.8. The molecular weight excluding hydrogens is 308 g/mol. The van der Waals surface area contributed by atoms with Crippen LogP contribution < -0.4 is 10.1 Å². The van der Waals surface area contributed by atoms with Crippen LogP contribution in [0.4, 0.5) is 0 Å². The van der Waals surface area contributed by atoms with E-state index in [9.17, 15) is 0 Å². The fourth-order valence-electron chi connectivity index (χ4n) is 2.65. The molecule has 3 rings (SSSR count). The van der Waals surface area contributed by atoms with Crippen LogP contribution in [0.3, 0.4) is 0 Å². The number of nitrogens with zero attached hydrogens (tertiary/aromatic N) is 1. The van der Waals surface area contributed by atoms with Gasteiger partial charge in [-0.05, 0) is 31.9 Å². The number of nitrogens with one attached hydrogen (secondary N) is 1. The lowest BCUT2D eigenvalue weighted by Crippen LogP contribution is -2.16. The highest BCUT2D eigenvalue weighted by atomic mass is 32.1. The van der Waals surface area contributed by atoms with Crippen molar-refractivity contribution in [1.82, 2.24) is 10.3 Å². The predicted molar refractivity (Wildman–Crippen MR) is 93.0 cm³/mol. The van der Waals surface area contributed by atoms with Crippen molar-refractivity contribution < 1.29 is 9.47 Å². The molecule has 2 heterocycles. The van der Waals surface area contributed by atoms with Crippen molar-refractivity contribution in [2.75, 3.05) is 19.8 Å². The van der Waals surface area contributed by atoms with Gasteiger partial charge < -0.3 is 14.8 Å². The number of hydrogen-bond donors (Lipinski definition) is 1. The fourth-order valence-corrected chi connectivity index (χ4v) is 3.39. The molecule has 1 saturated heterocycles. The number of aryl methyl sites for hydroxylation is 2. The largest absolute Gasteiger partial charge is 0.493 e. The van der Waals surface area contributed by atoms with E-state index >= 15 is 0 Å². The number of hydrogen-bond acceptors (Lipinski definition) is 5. The predicted octanol–water partition coefficient (Wildman–Crippen LogP) is 3.47. The van der Waals surface area contributed by atoms with E-state index in [2.05, 4.69) is 40.8 Å². The first-order valence-corrected chi connectivity index (χ1v) is 9.00. The van der Waals surface area contributed by atoms with Gasteiger partial charge in [0.05, 0.1) is 13.2 Å². The third-order valence-electron chi connectivity index (χ3n) is 3.98. The highest BCUT2D eigenvalue weighted by Gasteiger charge is 2.17. The normalized spacial score (nSPS) is 17.6. The SMILES string of the molecule is Cc1ccc(CNCc2nc(C)cs2)c(OC[C@H]2CCOC2)c1. The van der Waals surface area contributed by atoms with Crippen LogP contribution in [-0.4, -0.2) is 24.8 Å². The van der Waals surface area contributed by atoms with Crippen molar-refractivity contribution in [2.45, 2.75) is 33.4 Å². The molecule has 0 unspecified atom stereocenters. The first kappa shape index (κ1) is 16.4. The Hall–Kier alpha value is -1.43. The number of rotatable bonds is 7. The molecule has 1 atom stereocenters. The van der Waals surface area contributed by atoms with Gasteiger partial charge in [-0.2, -0.15) is 0 Å². The van der Waals surface area contributed by atoms with Crippen molar-refractivity contribution >= 4 is 11.3 Å². The van der Waals surface area contributed by atoms with E-state index in [1.54, 1.807) is 11.3 Å². The average molecular weight is 332 g/mol. The van der Waals surface area contributed by atoms with Crippen LogP contribution >= 0.6 is 11.3 Å². The molecule has 5 heteroatoms. The monoisotopic (exact) mass is 332 g/mol. The molecule has 124 valence electrons. The van der Waals surface area contributed by atoms with Gasteiger partial charge in [-0.1, -0.05) is 12.1 Å². The number of ether oxygens (including phenoxy) is 2. The highest BCUT2D eigenvalue weighted by Crippen LogP contribution is 2.23. The third-order valence-corrected chi connectivity index (χ3v) is 4.95. The van der Waals surface area contributed by atoms with Gasteiger partial charge in [-0.15, -0.1) is 11.3 Å². The molecule has 1 N–H and O–H groups in total. The van der Waals surface area contributed by atoms with E-state index in [0.717, 1.165) is 55.8 Å². The van der Waals surface area contributed by atoms with E-state index < -0.39 is 0 Å². The average Bonchev–Trinajstić information content (AvgIpc) is 3.19. The second-order valence-corrected chi connectivity index (χ2v) is 7.08. The molecule has 23 heavy (non-hydrogen) atoms. The highest BCUT2D eigenvalue weighted by molar-refractivity contribution is 7.09. The molecule has 4 nitrogen and oxygen atoms in total. The molecule has 1 aliphatic heterocycles. The van der Waals surface area contributed by atoms with Crippen molar-refractivity contribution in [3.05, 3.63) is 45.4 Å². The molecule has 0 radical (unpaired) electrons. The molecule has 0 spiro atoms. The molecule has 1 fully saturated rings. The summed E-state index contributed by atoms with van der Waals surface area (Å²) in [5.41, 5.74) is 3.51. The Morgan fingerprint density at radius 3 is 3.00 bits per heavy atom. The maximum Gasteiger partial charge on any atom is 0.124 e. The Balaban J connectivity index is 1.56. The van der Waals surface area contributed by atoms with Gasteiger partial charge in [-0.25, -0.2) is 4.98 Å². The lowest BCUT2D eigenvalue weighted by molar-refractivity contribution is 0.166. The summed E-state index contributed by atoms with van der Waals surface area (Å²) in [5, 5.41) is 6.67. The van der Waals surface area contributed by atoms with Crippen molar-refractivity contribution in [3.63, 3.8) is 0 Å². The summed E-state index contributed by atoms with van der Waals surface area (Å²) in [6, 6.07) is 6.41. The van der Waals surface area contributed by atoms with Crippen molar-refractivity contribution in [2.24, 2.45) is 5.92 Å². The first-order valence-electron chi connectivity index (χ1n) is 8.12. The van der Waals surface area contributed by atoms with E-state index in [0.29, 0.717) is 5.92 Å². The van der Waals surface area contributed by atoms with Gasteiger partial charge in [-0.3, -0.25) is 0 Å². The van der Waals surface area contributed by atoms with Crippen molar-refractivity contribution in [3.8, 4) is 5.75 Å². The van der Waals surface area contributed by atoms with Gasteiger partial charge in [0.15, 0.2) is 0 Å². The van der Waals surface area contributed by atoms with Crippen LogP contribution in [0.2, 0.25) is 0 Å². The third kappa shape index (κ3) is 4.77. The summed E-state index contributed by atoms with van der Waals surface area (Å²) >= 11 is 1.70. The lowest BCUT2D eigenvalue weighted by Gasteiger charge is -2.15. The maximum atomic E-state index is 6.08. The van der Waals surface area contributed by atoms with Crippen molar-refractivity contribution in [1.29, 1.82) is 0 Å². The van der Waals surface area contributed by atoms with Gasteiger partial charge >= 0.3 is 0 Å². The molecule has 1 aromatic carbocycles. The molecule has 0 amide bonds. The zero-order valence-corrected chi connectivity index (χ0v) is 14.6. The summed E-state index contributed by atoms with van der Waals surface area (Å²) in [5.74, 6) is 1.51. The summed E-state index contributed by atoms with van der Waals surface area (Å²) in [6.45, 7) is 8.13. The van der Waals surface area contributed by atoms with E-state index in [1.165, 1.54) is 11.1 Å². The Bertz CT molecular complexity index is 636. The van der Waals surface area contributed by atoms with Crippen LogP contribution in [-0.2, 0) is 17.8 Å². The van der Waals surface area contributed by atoms with E-state index in [1.807, 2.05) is 6.92 Å². The van der Waals surface area contributed by atoms with E-state index in [4.69, 9.17) is 9.47 Å². The van der Waals surface area contributed by atoms with Crippen LogP contribution in [0, 0.1) is 19.8 Å². The van der Waals surface area contributed by atoms with Crippen LogP contribution in [0.1, 0.15) is 28.2 Å². The molecule has 1 aliphatic rings. The van der Waals surface area contributed by atoms with E-state index in [-0.39, 0.29) is 0 Å². The standard InChI is InChI=1S/C18H24N2O2S/c1-13-3-4-16(8-19-9-18-20-14(2)12-23-18)17(7-13)22-11-15-5-6-21-10-15/h3-4,7,12,15,19H,5-6,8-11H2,1-2H3/t15-/m0/s1. The minimum atomic E-state index is 0.523. The van der Waals surface area contributed by atoms with Crippen LogP contribution in [0.25, 0.3) is 0 Å². The lowest BCUT2D eigenvalue weighted by atomic mass is 10.1. The summed E-state index contributed by atoms with van der Waals surface area (Å²) in [4.78, 5) is 4.48. The molecule has 2 aromatic rings. The molecule has 0 saturated carbocycles. The quantitative estimate of drug-likeness (QED) is 0.843. The summed E-state index contributed by atoms with van der Waals surface area (Å²) in [6.07, 6.45) is 1.10. The molecule has 0 bridgehead atoms. The Kier molecular flexibility index (Phi) is 5.65.